The Kier molecular flexibility index (Phi) is 5.39. The summed E-state index contributed by atoms with van der Waals surface area (Å²) in [6.45, 7) is 5.46. The number of hydrogen-bond acceptors (Lipinski definition) is 7. The van der Waals surface area contributed by atoms with Gasteiger partial charge in [-0.2, -0.15) is 15.1 Å². The maximum Gasteiger partial charge on any atom is 0.226 e. The molecule has 0 spiro atoms. The summed E-state index contributed by atoms with van der Waals surface area (Å²) in [5.74, 6) is 1.62. The monoisotopic (exact) mass is 417 g/mol. The average Bonchev–Trinajstić information content (AvgIpc) is 3.47. The van der Waals surface area contributed by atoms with Crippen LogP contribution < -0.4 is 15.1 Å². The molecular weight excluding hydrogens is 390 g/mol. The zero-order valence-electron chi connectivity index (χ0n) is 17.7. The number of fused-ring (bicyclic) bond motifs is 1. The van der Waals surface area contributed by atoms with Crippen molar-refractivity contribution in [2.75, 3.05) is 47.8 Å². The van der Waals surface area contributed by atoms with Crippen LogP contribution in [-0.4, -0.2) is 62.0 Å². The minimum absolute atomic E-state index is 0.655. The molecule has 1 aliphatic heterocycles. The summed E-state index contributed by atoms with van der Waals surface area (Å²) in [6.07, 6.45) is 8.46. The lowest BCUT2D eigenvalue weighted by atomic mass is 10.2. The van der Waals surface area contributed by atoms with Crippen LogP contribution >= 0.6 is 0 Å². The Morgan fingerprint density at radius 3 is 2.58 bits per heavy atom. The number of rotatable bonds is 7. The summed E-state index contributed by atoms with van der Waals surface area (Å²) >= 11 is 0. The maximum absolute atomic E-state index is 4.88. The van der Waals surface area contributed by atoms with Gasteiger partial charge in [0.05, 0.1) is 17.9 Å². The van der Waals surface area contributed by atoms with Gasteiger partial charge in [0.1, 0.15) is 5.82 Å². The highest BCUT2D eigenvalue weighted by Crippen LogP contribution is 2.27. The Morgan fingerprint density at radius 2 is 1.81 bits per heavy atom. The van der Waals surface area contributed by atoms with Crippen LogP contribution in [0, 0.1) is 0 Å². The standard InChI is InChI=1S/C22H27N9/c1-28-20-19(16-25-28)21(27-22(26-20)24-8-5-10-29-11-9-23-17-29)31-14-12-30(13-15-31)18-6-3-2-4-7-18/h2-4,6-7,9,11,16-17H,5,8,10,12-15H2,1H3,(H,24,26,27). The molecule has 0 unspecified atom stereocenters. The van der Waals surface area contributed by atoms with Gasteiger partial charge in [0.2, 0.25) is 5.95 Å². The second kappa shape index (κ2) is 8.63. The Labute approximate surface area is 181 Å². The fraction of sp³-hybridized carbons (Fsp3) is 0.364. The van der Waals surface area contributed by atoms with E-state index in [4.69, 9.17) is 9.97 Å². The number of anilines is 3. The van der Waals surface area contributed by atoms with Gasteiger partial charge in [-0.05, 0) is 18.6 Å². The molecule has 9 nitrogen and oxygen atoms in total. The van der Waals surface area contributed by atoms with Gasteiger partial charge in [-0.15, -0.1) is 0 Å². The fourth-order valence-corrected chi connectivity index (χ4v) is 4.02. The molecule has 5 rings (SSSR count). The molecule has 160 valence electrons. The first kappa shape index (κ1) is 19.3. The van der Waals surface area contributed by atoms with Crippen molar-refractivity contribution in [1.82, 2.24) is 29.3 Å². The molecule has 0 aliphatic carbocycles. The Balaban J connectivity index is 1.30. The van der Waals surface area contributed by atoms with Gasteiger partial charge in [0.15, 0.2) is 5.65 Å². The number of nitrogens with one attached hydrogen (secondary N) is 1. The first-order valence-corrected chi connectivity index (χ1v) is 10.7. The lowest BCUT2D eigenvalue weighted by molar-refractivity contribution is 0.647. The normalized spacial score (nSPS) is 14.4. The predicted molar refractivity (Wildman–Crippen MR) is 123 cm³/mol. The second-order valence-electron chi connectivity index (χ2n) is 7.77. The third kappa shape index (κ3) is 4.16. The molecule has 4 aromatic rings. The minimum atomic E-state index is 0.655. The van der Waals surface area contributed by atoms with E-state index >= 15 is 0 Å². The number of para-hydroxylation sites is 1. The van der Waals surface area contributed by atoms with Gasteiger partial charge in [-0.25, -0.2) is 4.98 Å². The molecule has 0 bridgehead atoms. The predicted octanol–water partition coefficient (Wildman–Crippen LogP) is 2.39. The molecule has 0 amide bonds. The van der Waals surface area contributed by atoms with Gasteiger partial charge in [0, 0.05) is 64.4 Å². The van der Waals surface area contributed by atoms with Crippen LogP contribution in [-0.2, 0) is 13.6 Å². The first-order chi connectivity index (χ1) is 15.3. The molecule has 1 saturated heterocycles. The molecule has 0 saturated carbocycles. The molecule has 1 fully saturated rings. The van der Waals surface area contributed by atoms with E-state index in [9.17, 15) is 0 Å². The number of imidazole rings is 1. The highest BCUT2D eigenvalue weighted by atomic mass is 15.3. The summed E-state index contributed by atoms with van der Waals surface area (Å²) in [5.41, 5.74) is 2.13. The largest absolute Gasteiger partial charge is 0.368 e. The zero-order valence-corrected chi connectivity index (χ0v) is 17.7. The number of aryl methyl sites for hydroxylation is 2. The van der Waals surface area contributed by atoms with Gasteiger partial charge >= 0.3 is 0 Å². The molecule has 4 heterocycles. The molecule has 1 aromatic carbocycles. The zero-order chi connectivity index (χ0) is 21.0. The van der Waals surface area contributed by atoms with E-state index < -0.39 is 0 Å². The lowest BCUT2D eigenvalue weighted by Crippen LogP contribution is -2.47. The molecule has 31 heavy (non-hydrogen) atoms. The first-order valence-electron chi connectivity index (χ1n) is 10.7. The van der Waals surface area contributed by atoms with Crippen LogP contribution in [0.25, 0.3) is 11.0 Å². The van der Waals surface area contributed by atoms with Gasteiger partial charge in [-0.1, -0.05) is 18.2 Å². The number of piperazine rings is 1. The van der Waals surface area contributed by atoms with Gasteiger partial charge < -0.3 is 19.7 Å². The molecule has 1 N–H and O–H groups in total. The van der Waals surface area contributed by atoms with E-state index in [-0.39, 0.29) is 0 Å². The fourth-order valence-electron chi connectivity index (χ4n) is 4.02. The van der Waals surface area contributed by atoms with E-state index in [0.717, 1.165) is 62.5 Å². The van der Waals surface area contributed by atoms with Crippen LogP contribution in [0.3, 0.4) is 0 Å². The highest BCUT2D eigenvalue weighted by molar-refractivity contribution is 5.88. The summed E-state index contributed by atoms with van der Waals surface area (Å²) in [4.78, 5) is 18.4. The van der Waals surface area contributed by atoms with Gasteiger partial charge in [-0.3, -0.25) is 4.68 Å². The third-order valence-electron chi connectivity index (χ3n) is 5.71. The number of aromatic nitrogens is 6. The van der Waals surface area contributed by atoms with Crippen molar-refractivity contribution in [2.24, 2.45) is 7.05 Å². The number of hydrogen-bond donors (Lipinski definition) is 1. The molecule has 3 aromatic heterocycles. The van der Waals surface area contributed by atoms with E-state index in [1.807, 2.05) is 30.5 Å². The van der Waals surface area contributed by atoms with Crippen molar-refractivity contribution < 1.29 is 0 Å². The van der Waals surface area contributed by atoms with E-state index in [1.54, 1.807) is 6.20 Å². The van der Waals surface area contributed by atoms with Crippen molar-refractivity contribution in [3.63, 3.8) is 0 Å². The molecule has 0 radical (unpaired) electrons. The van der Waals surface area contributed by atoms with E-state index in [1.165, 1.54) is 5.69 Å². The van der Waals surface area contributed by atoms with Crippen LogP contribution in [0.2, 0.25) is 0 Å². The Bertz CT molecular complexity index is 1110. The quantitative estimate of drug-likeness (QED) is 0.463. The summed E-state index contributed by atoms with van der Waals surface area (Å²) in [7, 11) is 1.93. The van der Waals surface area contributed by atoms with E-state index in [0.29, 0.717) is 5.95 Å². The van der Waals surface area contributed by atoms with Crippen LogP contribution in [0.1, 0.15) is 6.42 Å². The molecular formula is C22H27N9. The van der Waals surface area contributed by atoms with Crippen LogP contribution in [0.5, 0.6) is 0 Å². The lowest BCUT2D eigenvalue weighted by Gasteiger charge is -2.37. The van der Waals surface area contributed by atoms with Crippen LogP contribution in [0.15, 0.2) is 55.2 Å². The minimum Gasteiger partial charge on any atom is -0.368 e. The molecule has 0 atom stereocenters. The van der Waals surface area contributed by atoms with Crippen LogP contribution in [0.4, 0.5) is 17.5 Å². The third-order valence-corrected chi connectivity index (χ3v) is 5.71. The van der Waals surface area contributed by atoms with Crippen molar-refractivity contribution in [3.8, 4) is 0 Å². The number of nitrogens with zero attached hydrogens (tertiary/aromatic N) is 8. The van der Waals surface area contributed by atoms with Crippen molar-refractivity contribution in [3.05, 3.63) is 55.2 Å². The van der Waals surface area contributed by atoms with Gasteiger partial charge in [0.25, 0.3) is 0 Å². The van der Waals surface area contributed by atoms with Crippen molar-refractivity contribution in [2.45, 2.75) is 13.0 Å². The Morgan fingerprint density at radius 1 is 1.00 bits per heavy atom. The van der Waals surface area contributed by atoms with Crippen molar-refractivity contribution >= 4 is 28.5 Å². The SMILES string of the molecule is Cn1ncc2c(N3CCN(c4ccccc4)CC3)nc(NCCCn3ccnc3)nc21. The highest BCUT2D eigenvalue weighted by Gasteiger charge is 2.22. The van der Waals surface area contributed by atoms with Crippen molar-refractivity contribution in [1.29, 1.82) is 0 Å². The summed E-state index contributed by atoms with van der Waals surface area (Å²) < 4.78 is 3.89. The molecule has 9 heteroatoms. The Hall–Kier alpha value is -3.62. The maximum atomic E-state index is 4.88. The second-order valence-corrected chi connectivity index (χ2v) is 7.77. The topological polar surface area (TPSA) is 79.9 Å². The smallest absolute Gasteiger partial charge is 0.226 e. The summed E-state index contributed by atoms with van der Waals surface area (Å²) in [6, 6.07) is 10.6. The number of benzene rings is 1. The summed E-state index contributed by atoms with van der Waals surface area (Å²) in [5, 5.41) is 8.82. The van der Waals surface area contributed by atoms with E-state index in [2.05, 4.69) is 60.1 Å². The average molecular weight is 418 g/mol. The molecule has 1 aliphatic rings.